The van der Waals surface area contributed by atoms with Crippen LogP contribution < -0.4 is 5.32 Å². The Labute approximate surface area is 136 Å². The van der Waals surface area contributed by atoms with Gasteiger partial charge in [-0.25, -0.2) is 0 Å². The molecule has 3 nitrogen and oxygen atoms in total. The first kappa shape index (κ1) is 15.3. The molecule has 0 atom stereocenters. The highest BCUT2D eigenvalue weighted by molar-refractivity contribution is 5.94. The number of carbonyl (C=O) groups is 1. The normalized spacial score (nSPS) is 11.0. The Morgan fingerprint density at radius 3 is 2.52 bits per heavy atom. The standard InChI is InChI=1S/C20H22N2O/c1-13-5-7-17(9-14(13)2)20(23)21-12-16-6-8-19-18(11-16)10-15(3)22(19)4/h5-11H,12H2,1-4H3,(H,21,23). The SMILES string of the molecule is Cc1ccc(C(=O)NCc2ccc3c(c2)cc(C)n3C)cc1C. The predicted octanol–water partition coefficient (Wildman–Crippen LogP) is 4.03. The molecule has 1 aromatic heterocycles. The molecule has 118 valence electrons. The van der Waals surface area contributed by atoms with Crippen molar-refractivity contribution in [3.63, 3.8) is 0 Å². The summed E-state index contributed by atoms with van der Waals surface area (Å²) in [5.74, 6) is -0.0301. The number of rotatable bonds is 3. The zero-order chi connectivity index (χ0) is 16.6. The minimum Gasteiger partial charge on any atom is -0.348 e. The summed E-state index contributed by atoms with van der Waals surface area (Å²) >= 11 is 0. The summed E-state index contributed by atoms with van der Waals surface area (Å²) in [6, 6.07) is 14.3. The van der Waals surface area contributed by atoms with E-state index >= 15 is 0 Å². The molecular formula is C20H22N2O. The quantitative estimate of drug-likeness (QED) is 0.778. The molecule has 0 spiro atoms. The van der Waals surface area contributed by atoms with Crippen LogP contribution >= 0.6 is 0 Å². The van der Waals surface area contributed by atoms with E-state index in [0.717, 1.165) is 11.1 Å². The Morgan fingerprint density at radius 1 is 1.00 bits per heavy atom. The first-order valence-corrected chi connectivity index (χ1v) is 7.86. The third kappa shape index (κ3) is 3.00. The van der Waals surface area contributed by atoms with Crippen LogP contribution in [0.25, 0.3) is 10.9 Å². The molecule has 1 amide bonds. The summed E-state index contributed by atoms with van der Waals surface area (Å²) in [6.07, 6.45) is 0. The van der Waals surface area contributed by atoms with Gasteiger partial charge >= 0.3 is 0 Å². The topological polar surface area (TPSA) is 34.0 Å². The molecule has 0 aliphatic carbocycles. The highest BCUT2D eigenvalue weighted by atomic mass is 16.1. The molecule has 2 aromatic carbocycles. The number of amides is 1. The third-order valence-electron chi connectivity index (χ3n) is 4.57. The third-order valence-corrected chi connectivity index (χ3v) is 4.57. The Morgan fingerprint density at radius 2 is 1.78 bits per heavy atom. The highest BCUT2D eigenvalue weighted by Crippen LogP contribution is 2.20. The summed E-state index contributed by atoms with van der Waals surface area (Å²) in [7, 11) is 2.07. The van der Waals surface area contributed by atoms with E-state index in [2.05, 4.69) is 48.1 Å². The van der Waals surface area contributed by atoms with Gasteiger partial charge in [0.15, 0.2) is 0 Å². The van der Waals surface area contributed by atoms with Gasteiger partial charge in [-0.3, -0.25) is 4.79 Å². The fraction of sp³-hybridized carbons (Fsp3) is 0.250. The number of aromatic nitrogens is 1. The second-order valence-electron chi connectivity index (χ2n) is 6.22. The van der Waals surface area contributed by atoms with Crippen molar-refractivity contribution in [3.05, 3.63) is 70.4 Å². The molecule has 0 saturated carbocycles. The zero-order valence-electron chi connectivity index (χ0n) is 14.1. The van der Waals surface area contributed by atoms with Crippen molar-refractivity contribution in [2.75, 3.05) is 0 Å². The number of aryl methyl sites for hydroxylation is 4. The average molecular weight is 306 g/mol. The molecule has 0 aliphatic heterocycles. The second kappa shape index (κ2) is 5.92. The maximum Gasteiger partial charge on any atom is 0.251 e. The van der Waals surface area contributed by atoms with Gasteiger partial charge in [-0.2, -0.15) is 0 Å². The molecule has 0 saturated heterocycles. The fourth-order valence-corrected chi connectivity index (χ4v) is 2.81. The monoisotopic (exact) mass is 306 g/mol. The summed E-state index contributed by atoms with van der Waals surface area (Å²) in [6.45, 7) is 6.71. The molecule has 0 bridgehead atoms. The van der Waals surface area contributed by atoms with Gasteiger partial charge in [0.05, 0.1) is 0 Å². The Kier molecular flexibility index (Phi) is 3.95. The van der Waals surface area contributed by atoms with E-state index in [1.165, 1.54) is 22.2 Å². The van der Waals surface area contributed by atoms with E-state index < -0.39 is 0 Å². The number of nitrogens with one attached hydrogen (secondary N) is 1. The van der Waals surface area contributed by atoms with Gasteiger partial charge in [0.1, 0.15) is 0 Å². The van der Waals surface area contributed by atoms with Crippen LogP contribution in [-0.4, -0.2) is 10.5 Å². The molecule has 0 unspecified atom stereocenters. The largest absolute Gasteiger partial charge is 0.348 e. The van der Waals surface area contributed by atoms with Crippen LogP contribution in [0.5, 0.6) is 0 Å². The number of fused-ring (bicyclic) bond motifs is 1. The van der Waals surface area contributed by atoms with Crippen LogP contribution in [-0.2, 0) is 13.6 Å². The second-order valence-corrected chi connectivity index (χ2v) is 6.22. The van der Waals surface area contributed by atoms with E-state index in [-0.39, 0.29) is 5.91 Å². The highest BCUT2D eigenvalue weighted by Gasteiger charge is 2.08. The van der Waals surface area contributed by atoms with Gasteiger partial charge in [-0.1, -0.05) is 12.1 Å². The lowest BCUT2D eigenvalue weighted by atomic mass is 10.1. The molecule has 1 N–H and O–H groups in total. The molecule has 3 rings (SSSR count). The molecule has 0 radical (unpaired) electrons. The van der Waals surface area contributed by atoms with Crippen LogP contribution in [0.15, 0.2) is 42.5 Å². The van der Waals surface area contributed by atoms with Crippen LogP contribution in [0.4, 0.5) is 0 Å². The van der Waals surface area contributed by atoms with E-state index in [4.69, 9.17) is 0 Å². The molecule has 1 heterocycles. The average Bonchev–Trinajstić information content (AvgIpc) is 2.82. The van der Waals surface area contributed by atoms with Gasteiger partial charge in [0.25, 0.3) is 5.91 Å². The minimum absolute atomic E-state index is 0.0301. The van der Waals surface area contributed by atoms with Crippen molar-refractivity contribution in [3.8, 4) is 0 Å². The minimum atomic E-state index is -0.0301. The Bertz CT molecular complexity index is 890. The van der Waals surface area contributed by atoms with E-state index in [0.29, 0.717) is 12.1 Å². The summed E-state index contributed by atoms with van der Waals surface area (Å²) in [5, 5.41) is 4.21. The molecule has 3 aromatic rings. The molecule has 23 heavy (non-hydrogen) atoms. The van der Waals surface area contributed by atoms with Crippen LogP contribution in [0.2, 0.25) is 0 Å². The van der Waals surface area contributed by atoms with Crippen LogP contribution in [0, 0.1) is 20.8 Å². The molecule has 3 heteroatoms. The van der Waals surface area contributed by atoms with Crippen LogP contribution in [0.3, 0.4) is 0 Å². The van der Waals surface area contributed by atoms with E-state index in [1.807, 2.05) is 32.0 Å². The van der Waals surface area contributed by atoms with Crippen molar-refractivity contribution < 1.29 is 4.79 Å². The maximum absolute atomic E-state index is 12.3. The first-order valence-electron chi connectivity index (χ1n) is 7.86. The summed E-state index contributed by atoms with van der Waals surface area (Å²) in [5.41, 5.74) is 6.61. The maximum atomic E-state index is 12.3. The van der Waals surface area contributed by atoms with Gasteiger partial charge in [-0.05, 0) is 67.8 Å². The van der Waals surface area contributed by atoms with Gasteiger partial charge < -0.3 is 9.88 Å². The fourth-order valence-electron chi connectivity index (χ4n) is 2.81. The number of hydrogen-bond donors (Lipinski definition) is 1. The first-order chi connectivity index (χ1) is 11.0. The lowest BCUT2D eigenvalue weighted by Crippen LogP contribution is -2.22. The number of hydrogen-bond acceptors (Lipinski definition) is 1. The van der Waals surface area contributed by atoms with Crippen molar-refractivity contribution in [2.24, 2.45) is 7.05 Å². The van der Waals surface area contributed by atoms with Crippen LogP contribution in [0.1, 0.15) is 32.7 Å². The number of benzene rings is 2. The smallest absolute Gasteiger partial charge is 0.251 e. The van der Waals surface area contributed by atoms with E-state index in [9.17, 15) is 4.79 Å². The summed E-state index contributed by atoms with van der Waals surface area (Å²) < 4.78 is 2.17. The molecular weight excluding hydrogens is 284 g/mol. The van der Waals surface area contributed by atoms with Crippen molar-refractivity contribution >= 4 is 16.8 Å². The molecule has 0 aliphatic rings. The number of carbonyl (C=O) groups excluding carboxylic acids is 1. The van der Waals surface area contributed by atoms with Gasteiger partial charge in [-0.15, -0.1) is 0 Å². The number of nitrogens with zero attached hydrogens (tertiary/aromatic N) is 1. The molecule has 0 fully saturated rings. The lowest BCUT2D eigenvalue weighted by molar-refractivity contribution is 0.0951. The van der Waals surface area contributed by atoms with Gasteiger partial charge in [0.2, 0.25) is 0 Å². The lowest BCUT2D eigenvalue weighted by Gasteiger charge is -2.08. The van der Waals surface area contributed by atoms with E-state index in [1.54, 1.807) is 0 Å². The zero-order valence-corrected chi connectivity index (χ0v) is 14.1. The predicted molar refractivity (Wildman–Crippen MR) is 94.7 cm³/mol. The van der Waals surface area contributed by atoms with Gasteiger partial charge in [0, 0.05) is 35.8 Å². The Balaban J connectivity index is 1.74. The van der Waals surface area contributed by atoms with Crippen molar-refractivity contribution in [1.82, 2.24) is 9.88 Å². The van der Waals surface area contributed by atoms with Crippen molar-refractivity contribution in [2.45, 2.75) is 27.3 Å². The summed E-state index contributed by atoms with van der Waals surface area (Å²) in [4.78, 5) is 12.3. The Hall–Kier alpha value is -2.55. The van der Waals surface area contributed by atoms with Crippen molar-refractivity contribution in [1.29, 1.82) is 0 Å².